The fraction of sp³-hybridized carbons (Fsp3) is 0.857. The van der Waals surface area contributed by atoms with E-state index in [0.717, 1.165) is 25.7 Å². The van der Waals surface area contributed by atoms with E-state index in [0.29, 0.717) is 26.1 Å². The van der Waals surface area contributed by atoms with Gasteiger partial charge in [0, 0.05) is 12.8 Å². The minimum absolute atomic E-state index is 0.184. The lowest BCUT2D eigenvalue weighted by atomic mass is 10.2. The fourth-order valence-electron chi connectivity index (χ4n) is 1.32. The van der Waals surface area contributed by atoms with Crippen LogP contribution in [0.15, 0.2) is 0 Å². The van der Waals surface area contributed by atoms with Crippen molar-refractivity contribution >= 4 is 11.9 Å². The van der Waals surface area contributed by atoms with Crippen LogP contribution in [0, 0.1) is 0 Å². The third-order valence-corrected chi connectivity index (χ3v) is 2.45. The first-order valence-corrected chi connectivity index (χ1v) is 7.09. The largest absolute Gasteiger partial charge is 0.463 e. The summed E-state index contributed by atoms with van der Waals surface area (Å²) in [6, 6.07) is 0. The van der Waals surface area contributed by atoms with Gasteiger partial charge in [-0.1, -0.05) is 26.7 Å². The number of hydrogen-bond donors (Lipinski definition) is 0. The van der Waals surface area contributed by atoms with Gasteiger partial charge in [-0.05, 0) is 12.8 Å². The summed E-state index contributed by atoms with van der Waals surface area (Å²) in [5.41, 5.74) is 0. The van der Waals surface area contributed by atoms with Crippen LogP contribution in [-0.2, 0) is 23.8 Å². The zero-order valence-corrected chi connectivity index (χ0v) is 12.1. The van der Waals surface area contributed by atoms with Gasteiger partial charge in [0.15, 0.2) is 0 Å². The van der Waals surface area contributed by atoms with Crippen LogP contribution in [0.4, 0.5) is 0 Å². The Labute approximate surface area is 115 Å². The molecular formula is C14H26O5. The van der Waals surface area contributed by atoms with Gasteiger partial charge in [0.25, 0.3) is 0 Å². The van der Waals surface area contributed by atoms with Crippen LogP contribution < -0.4 is 0 Å². The molecule has 112 valence electrons. The summed E-state index contributed by atoms with van der Waals surface area (Å²) in [6.07, 6.45) is 4.60. The number of carbonyl (C=O) groups is 2. The Balaban J connectivity index is 3.22. The predicted molar refractivity (Wildman–Crippen MR) is 71.8 cm³/mol. The van der Waals surface area contributed by atoms with E-state index in [1.54, 1.807) is 0 Å². The Morgan fingerprint density at radius 3 is 1.53 bits per heavy atom. The Morgan fingerprint density at radius 2 is 1.16 bits per heavy atom. The summed E-state index contributed by atoms with van der Waals surface area (Å²) >= 11 is 0. The molecule has 0 bridgehead atoms. The molecule has 0 amide bonds. The lowest BCUT2D eigenvalue weighted by molar-refractivity contribution is -0.146. The van der Waals surface area contributed by atoms with E-state index in [-0.39, 0.29) is 25.2 Å². The highest BCUT2D eigenvalue weighted by Gasteiger charge is 2.02. The Hall–Kier alpha value is -1.10. The highest BCUT2D eigenvalue weighted by atomic mass is 16.6. The fourth-order valence-corrected chi connectivity index (χ4v) is 1.32. The molecule has 5 heteroatoms. The van der Waals surface area contributed by atoms with Crippen molar-refractivity contribution in [3.8, 4) is 0 Å². The summed E-state index contributed by atoms with van der Waals surface area (Å²) in [5.74, 6) is -0.368. The van der Waals surface area contributed by atoms with Crippen molar-refractivity contribution in [3.63, 3.8) is 0 Å². The third kappa shape index (κ3) is 13.1. The van der Waals surface area contributed by atoms with Crippen LogP contribution in [0.5, 0.6) is 0 Å². The number of esters is 2. The van der Waals surface area contributed by atoms with Gasteiger partial charge in [0.1, 0.15) is 13.2 Å². The molecule has 0 fully saturated rings. The second-order valence-electron chi connectivity index (χ2n) is 4.26. The second kappa shape index (κ2) is 13.3. The van der Waals surface area contributed by atoms with Crippen molar-refractivity contribution in [1.82, 2.24) is 0 Å². The second-order valence-corrected chi connectivity index (χ2v) is 4.26. The maximum atomic E-state index is 11.1. The van der Waals surface area contributed by atoms with Gasteiger partial charge in [0.2, 0.25) is 0 Å². The molecule has 0 heterocycles. The summed E-state index contributed by atoms with van der Waals surface area (Å²) < 4.78 is 15.1. The number of ether oxygens (including phenoxy) is 3. The highest BCUT2D eigenvalue weighted by molar-refractivity contribution is 5.69. The predicted octanol–water partition coefficient (Wildman–Crippen LogP) is 2.47. The van der Waals surface area contributed by atoms with Crippen molar-refractivity contribution in [2.45, 2.75) is 52.4 Å². The molecule has 0 aromatic carbocycles. The van der Waals surface area contributed by atoms with Gasteiger partial charge in [0.05, 0.1) is 13.2 Å². The van der Waals surface area contributed by atoms with Crippen molar-refractivity contribution in [3.05, 3.63) is 0 Å². The van der Waals surface area contributed by atoms with Gasteiger partial charge in [-0.25, -0.2) is 0 Å². The van der Waals surface area contributed by atoms with Crippen LogP contribution in [0.3, 0.4) is 0 Å². The number of carbonyl (C=O) groups excluding carboxylic acids is 2. The molecule has 0 rings (SSSR count). The number of unbranched alkanes of at least 4 members (excludes halogenated alkanes) is 2. The van der Waals surface area contributed by atoms with E-state index >= 15 is 0 Å². The lowest BCUT2D eigenvalue weighted by Crippen LogP contribution is -2.14. The summed E-state index contributed by atoms with van der Waals surface area (Å²) in [5, 5.41) is 0. The lowest BCUT2D eigenvalue weighted by Gasteiger charge is -2.07. The molecule has 0 unspecified atom stereocenters. The molecule has 0 aliphatic rings. The topological polar surface area (TPSA) is 61.8 Å². The number of rotatable bonds is 12. The van der Waals surface area contributed by atoms with Crippen molar-refractivity contribution in [2.75, 3.05) is 26.4 Å². The van der Waals surface area contributed by atoms with Gasteiger partial charge in [-0.2, -0.15) is 0 Å². The Morgan fingerprint density at radius 1 is 0.737 bits per heavy atom. The zero-order valence-electron chi connectivity index (χ0n) is 12.1. The SMILES string of the molecule is CCCCC(=O)OCCOCCOC(=O)CCCC. The first-order valence-electron chi connectivity index (χ1n) is 7.09. The van der Waals surface area contributed by atoms with E-state index in [9.17, 15) is 9.59 Å². The van der Waals surface area contributed by atoms with Crippen LogP contribution in [0.25, 0.3) is 0 Å². The Bertz CT molecular complexity index is 216. The highest BCUT2D eigenvalue weighted by Crippen LogP contribution is 1.97. The molecule has 0 spiro atoms. The van der Waals surface area contributed by atoms with Crippen LogP contribution in [-0.4, -0.2) is 38.4 Å². The van der Waals surface area contributed by atoms with Crippen LogP contribution >= 0.6 is 0 Å². The molecule has 0 aromatic rings. The molecule has 0 saturated heterocycles. The molecule has 0 N–H and O–H groups in total. The average molecular weight is 274 g/mol. The first kappa shape index (κ1) is 17.9. The van der Waals surface area contributed by atoms with Gasteiger partial charge < -0.3 is 14.2 Å². The van der Waals surface area contributed by atoms with Crippen molar-refractivity contribution in [1.29, 1.82) is 0 Å². The van der Waals surface area contributed by atoms with Gasteiger partial charge >= 0.3 is 11.9 Å². The maximum Gasteiger partial charge on any atom is 0.305 e. The molecule has 0 aliphatic carbocycles. The normalized spacial score (nSPS) is 10.2. The van der Waals surface area contributed by atoms with E-state index in [1.165, 1.54) is 0 Å². The molecule has 0 radical (unpaired) electrons. The molecule has 19 heavy (non-hydrogen) atoms. The van der Waals surface area contributed by atoms with Crippen LogP contribution in [0.1, 0.15) is 52.4 Å². The summed E-state index contributed by atoms with van der Waals surface area (Å²) in [4.78, 5) is 22.3. The molecule has 0 aliphatic heterocycles. The zero-order chi connectivity index (χ0) is 14.3. The third-order valence-electron chi connectivity index (χ3n) is 2.45. The summed E-state index contributed by atoms with van der Waals surface area (Å²) in [7, 11) is 0. The minimum Gasteiger partial charge on any atom is -0.463 e. The first-order chi connectivity index (χ1) is 9.20. The van der Waals surface area contributed by atoms with Crippen LogP contribution in [0.2, 0.25) is 0 Å². The molecule has 5 nitrogen and oxygen atoms in total. The van der Waals surface area contributed by atoms with Gasteiger partial charge in [-0.15, -0.1) is 0 Å². The van der Waals surface area contributed by atoms with E-state index in [4.69, 9.17) is 14.2 Å². The quantitative estimate of drug-likeness (QED) is 0.404. The minimum atomic E-state index is -0.184. The van der Waals surface area contributed by atoms with E-state index < -0.39 is 0 Å². The van der Waals surface area contributed by atoms with Crippen molar-refractivity contribution in [2.24, 2.45) is 0 Å². The maximum absolute atomic E-state index is 11.1. The molecular weight excluding hydrogens is 248 g/mol. The standard InChI is InChI=1S/C14H26O5/c1-3-5-7-13(15)18-11-9-17-10-12-19-14(16)8-6-4-2/h3-12H2,1-2H3. The summed E-state index contributed by atoms with van der Waals surface area (Å²) in [6.45, 7) is 5.24. The van der Waals surface area contributed by atoms with Crippen molar-refractivity contribution < 1.29 is 23.8 Å². The smallest absolute Gasteiger partial charge is 0.305 e. The number of hydrogen-bond acceptors (Lipinski definition) is 5. The molecule has 0 saturated carbocycles. The Kier molecular flexibility index (Phi) is 12.6. The van der Waals surface area contributed by atoms with E-state index in [1.807, 2.05) is 13.8 Å². The van der Waals surface area contributed by atoms with Gasteiger partial charge in [-0.3, -0.25) is 9.59 Å². The monoisotopic (exact) mass is 274 g/mol. The molecule has 0 aromatic heterocycles. The molecule has 0 atom stereocenters. The average Bonchev–Trinajstić information content (AvgIpc) is 2.41. The van der Waals surface area contributed by atoms with E-state index in [2.05, 4.69) is 0 Å².